The summed E-state index contributed by atoms with van der Waals surface area (Å²) in [7, 11) is -1.29. The Kier molecular flexibility index (Phi) is 6.96. The molecule has 0 rings (SSSR count). The van der Waals surface area contributed by atoms with Crippen LogP contribution in [0.5, 0.6) is 0 Å². The molecule has 0 saturated carbocycles. The van der Waals surface area contributed by atoms with Gasteiger partial charge in [-0.15, -0.1) is 11.5 Å². The number of aliphatic hydroxyl groups excluding tert-OH is 1. The Morgan fingerprint density at radius 3 is 2.20 bits per heavy atom. The van der Waals surface area contributed by atoms with Crippen molar-refractivity contribution in [3.05, 3.63) is 0 Å². The van der Waals surface area contributed by atoms with E-state index < -0.39 is 8.07 Å². The van der Waals surface area contributed by atoms with Gasteiger partial charge in [-0.2, -0.15) is 0 Å². The van der Waals surface area contributed by atoms with Gasteiger partial charge in [0.25, 0.3) is 0 Å². The molecule has 0 aromatic rings. The topological polar surface area (TPSA) is 20.2 Å². The molecule has 1 N–H and O–H groups in total. The van der Waals surface area contributed by atoms with Crippen molar-refractivity contribution in [1.29, 1.82) is 0 Å². The predicted molar refractivity (Wildman–Crippen MR) is 70.4 cm³/mol. The third-order valence-corrected chi connectivity index (χ3v) is 3.28. The third-order valence-electron chi connectivity index (χ3n) is 2.39. The van der Waals surface area contributed by atoms with Gasteiger partial charge in [0.15, 0.2) is 0 Å². The minimum absolute atomic E-state index is 0.184. The molecule has 0 aliphatic carbocycles. The molecule has 0 bridgehead atoms. The van der Waals surface area contributed by atoms with E-state index in [1.807, 2.05) is 0 Å². The van der Waals surface area contributed by atoms with Crippen LogP contribution in [0.4, 0.5) is 0 Å². The molecular formula is C13H26OSi. The van der Waals surface area contributed by atoms with Crippen molar-refractivity contribution in [3.8, 4) is 11.5 Å². The summed E-state index contributed by atoms with van der Waals surface area (Å²) in [4.78, 5) is 0. The summed E-state index contributed by atoms with van der Waals surface area (Å²) in [5, 5.41) is 9.95. The number of hydrogen-bond acceptors (Lipinski definition) is 1. The van der Waals surface area contributed by atoms with E-state index in [4.69, 9.17) is 0 Å². The molecule has 2 heteroatoms. The van der Waals surface area contributed by atoms with Crippen LogP contribution in [0.1, 0.15) is 39.5 Å². The van der Waals surface area contributed by atoms with Crippen molar-refractivity contribution in [3.63, 3.8) is 0 Å². The standard InChI is InChI=1S/C13H26OSi/c1-6-8-9-13(14)12(7-2)10-11-15(3,4)5/h12-14H,6-9H2,1-5H3/t12-,13+/m0/s1. The highest BCUT2D eigenvalue weighted by atomic mass is 28.3. The zero-order valence-electron chi connectivity index (χ0n) is 10.9. The Balaban J connectivity index is 4.27. The second-order valence-corrected chi connectivity index (χ2v) is 9.99. The number of unbranched alkanes of at least 4 members (excludes halogenated alkanes) is 1. The van der Waals surface area contributed by atoms with Crippen LogP contribution in [0.3, 0.4) is 0 Å². The first-order chi connectivity index (χ1) is 6.90. The molecule has 1 nitrogen and oxygen atoms in total. The monoisotopic (exact) mass is 226 g/mol. The van der Waals surface area contributed by atoms with E-state index in [9.17, 15) is 5.11 Å². The molecule has 0 aromatic carbocycles. The summed E-state index contributed by atoms with van der Waals surface area (Å²) in [6, 6.07) is 0. The van der Waals surface area contributed by atoms with Crippen LogP contribution >= 0.6 is 0 Å². The second-order valence-electron chi connectivity index (χ2n) is 5.24. The molecule has 88 valence electrons. The van der Waals surface area contributed by atoms with Gasteiger partial charge in [0.2, 0.25) is 0 Å². The number of hydrogen-bond donors (Lipinski definition) is 1. The van der Waals surface area contributed by atoms with Crippen molar-refractivity contribution in [2.45, 2.75) is 65.3 Å². The summed E-state index contributed by atoms with van der Waals surface area (Å²) in [5.74, 6) is 3.46. The maximum absolute atomic E-state index is 9.95. The lowest BCUT2D eigenvalue weighted by atomic mass is 9.96. The van der Waals surface area contributed by atoms with Crippen molar-refractivity contribution < 1.29 is 5.11 Å². The van der Waals surface area contributed by atoms with E-state index in [1.54, 1.807) is 0 Å². The van der Waals surface area contributed by atoms with Gasteiger partial charge in [-0.25, -0.2) is 0 Å². The van der Waals surface area contributed by atoms with E-state index >= 15 is 0 Å². The fourth-order valence-electron chi connectivity index (χ4n) is 1.39. The predicted octanol–water partition coefficient (Wildman–Crippen LogP) is 3.44. The van der Waals surface area contributed by atoms with Crippen LogP contribution < -0.4 is 0 Å². The third kappa shape index (κ3) is 7.64. The smallest absolute Gasteiger partial charge is 0.129 e. The number of aliphatic hydroxyl groups is 1. The zero-order chi connectivity index (χ0) is 11.9. The molecule has 0 saturated heterocycles. The molecule has 0 unspecified atom stereocenters. The van der Waals surface area contributed by atoms with Crippen LogP contribution in [0.2, 0.25) is 19.6 Å². The van der Waals surface area contributed by atoms with Crippen molar-refractivity contribution in [1.82, 2.24) is 0 Å². The molecule has 0 amide bonds. The van der Waals surface area contributed by atoms with E-state index in [2.05, 4.69) is 45.0 Å². The molecule has 0 spiro atoms. The summed E-state index contributed by atoms with van der Waals surface area (Å²) >= 11 is 0. The van der Waals surface area contributed by atoms with Crippen LogP contribution in [0, 0.1) is 17.4 Å². The van der Waals surface area contributed by atoms with Crippen LogP contribution in [0.15, 0.2) is 0 Å². The van der Waals surface area contributed by atoms with E-state index in [0.717, 1.165) is 25.7 Å². The summed E-state index contributed by atoms with van der Waals surface area (Å²) in [5.41, 5.74) is 3.36. The van der Waals surface area contributed by atoms with Crippen molar-refractivity contribution in [2.75, 3.05) is 0 Å². The molecule has 0 heterocycles. The van der Waals surface area contributed by atoms with Crippen LogP contribution in [0.25, 0.3) is 0 Å². The van der Waals surface area contributed by atoms with Crippen LogP contribution in [-0.2, 0) is 0 Å². The molecule has 0 radical (unpaired) electrons. The van der Waals surface area contributed by atoms with Crippen LogP contribution in [-0.4, -0.2) is 19.3 Å². The molecule has 15 heavy (non-hydrogen) atoms. The second kappa shape index (κ2) is 7.08. The van der Waals surface area contributed by atoms with Crippen molar-refractivity contribution >= 4 is 8.07 Å². The van der Waals surface area contributed by atoms with Crippen molar-refractivity contribution in [2.24, 2.45) is 5.92 Å². The summed E-state index contributed by atoms with van der Waals surface area (Å²) in [6.45, 7) is 11.0. The lowest BCUT2D eigenvalue weighted by molar-refractivity contribution is 0.120. The summed E-state index contributed by atoms with van der Waals surface area (Å²) < 4.78 is 0. The molecular weight excluding hydrogens is 200 g/mol. The highest BCUT2D eigenvalue weighted by molar-refractivity contribution is 6.83. The minimum atomic E-state index is -1.29. The van der Waals surface area contributed by atoms with E-state index in [0.29, 0.717) is 0 Å². The van der Waals surface area contributed by atoms with E-state index in [-0.39, 0.29) is 12.0 Å². The maximum atomic E-state index is 9.95. The summed E-state index contributed by atoms with van der Waals surface area (Å²) in [6.07, 6.45) is 3.89. The van der Waals surface area contributed by atoms with Gasteiger partial charge >= 0.3 is 0 Å². The Morgan fingerprint density at radius 2 is 1.80 bits per heavy atom. The highest BCUT2D eigenvalue weighted by Gasteiger charge is 2.15. The molecule has 0 fully saturated rings. The Bertz CT molecular complexity index is 219. The number of rotatable bonds is 5. The average Bonchev–Trinajstić information content (AvgIpc) is 2.13. The molecule has 2 atom stereocenters. The average molecular weight is 226 g/mol. The first-order valence-electron chi connectivity index (χ1n) is 6.11. The Morgan fingerprint density at radius 1 is 1.20 bits per heavy atom. The fraction of sp³-hybridized carbons (Fsp3) is 0.846. The quantitative estimate of drug-likeness (QED) is 0.562. The van der Waals surface area contributed by atoms with Gasteiger partial charge in [0.1, 0.15) is 8.07 Å². The van der Waals surface area contributed by atoms with Gasteiger partial charge in [0.05, 0.1) is 6.10 Å². The van der Waals surface area contributed by atoms with Gasteiger partial charge < -0.3 is 5.11 Å². The van der Waals surface area contributed by atoms with Gasteiger partial charge in [-0.1, -0.05) is 46.3 Å². The SMILES string of the molecule is CCCC[C@@H](O)[C@H](C#C[Si](C)(C)C)CC. The van der Waals surface area contributed by atoms with Gasteiger partial charge in [-0.3, -0.25) is 0 Å². The normalized spacial score (nSPS) is 15.3. The zero-order valence-corrected chi connectivity index (χ0v) is 11.9. The first-order valence-corrected chi connectivity index (χ1v) is 9.61. The lowest BCUT2D eigenvalue weighted by Crippen LogP contribution is -2.21. The molecule has 0 aromatic heterocycles. The fourth-order valence-corrected chi connectivity index (χ4v) is 2.01. The maximum Gasteiger partial charge on any atom is 0.129 e. The Hall–Kier alpha value is -0.263. The molecule has 0 aliphatic heterocycles. The minimum Gasteiger partial charge on any atom is -0.392 e. The highest BCUT2D eigenvalue weighted by Crippen LogP contribution is 2.14. The molecule has 0 aliphatic rings. The van der Waals surface area contributed by atoms with Gasteiger partial charge in [-0.05, 0) is 12.8 Å². The Labute approximate surface area is 96.3 Å². The lowest BCUT2D eigenvalue weighted by Gasteiger charge is -2.16. The van der Waals surface area contributed by atoms with E-state index in [1.165, 1.54) is 0 Å². The first kappa shape index (κ1) is 14.7. The largest absolute Gasteiger partial charge is 0.392 e. The van der Waals surface area contributed by atoms with Gasteiger partial charge in [0, 0.05) is 5.92 Å².